The second-order valence-corrected chi connectivity index (χ2v) is 8.32. The van der Waals surface area contributed by atoms with Crippen molar-refractivity contribution in [2.75, 3.05) is 19.8 Å². The van der Waals surface area contributed by atoms with E-state index in [2.05, 4.69) is 26.0 Å². The molecule has 2 N–H and O–H groups in total. The third-order valence-electron chi connectivity index (χ3n) is 3.17. The average molecular weight is 369 g/mol. The van der Waals surface area contributed by atoms with Crippen LogP contribution in [-0.4, -0.2) is 33.0 Å². The van der Waals surface area contributed by atoms with Crippen molar-refractivity contribution in [2.24, 2.45) is 0 Å². The maximum absolute atomic E-state index is 12.2. The lowest BCUT2D eigenvalue weighted by Gasteiger charge is -2.12. The van der Waals surface area contributed by atoms with E-state index in [0.29, 0.717) is 18.8 Å². The highest BCUT2D eigenvalue weighted by Gasteiger charge is 2.42. The molecule has 1 aliphatic rings. The van der Waals surface area contributed by atoms with Gasteiger partial charge in [-0.05, 0) is 42.1 Å². The molecular weight excluding hydrogens is 352 g/mol. The minimum atomic E-state index is -3.52. The SMILES string of the molecule is CNCc1cc(S(=O)(=O)NCC2(SC)CC2)c(Br)o1. The second-order valence-electron chi connectivity index (χ2n) is 4.59. The van der Waals surface area contributed by atoms with Crippen molar-refractivity contribution in [1.82, 2.24) is 10.0 Å². The van der Waals surface area contributed by atoms with Crippen LogP contribution in [0.5, 0.6) is 0 Å². The monoisotopic (exact) mass is 368 g/mol. The normalized spacial score (nSPS) is 17.6. The van der Waals surface area contributed by atoms with Gasteiger partial charge in [0.15, 0.2) is 4.67 Å². The molecule has 108 valence electrons. The van der Waals surface area contributed by atoms with E-state index in [9.17, 15) is 8.42 Å². The number of hydrogen-bond acceptors (Lipinski definition) is 5. The largest absolute Gasteiger partial charge is 0.452 e. The van der Waals surface area contributed by atoms with Crippen molar-refractivity contribution < 1.29 is 12.8 Å². The molecule has 0 aliphatic heterocycles. The fourth-order valence-electron chi connectivity index (χ4n) is 1.74. The number of sulfonamides is 1. The average Bonchev–Trinajstić information content (AvgIpc) is 3.05. The Kier molecular flexibility index (Phi) is 4.67. The fourth-order valence-corrected chi connectivity index (χ4v) is 4.68. The summed E-state index contributed by atoms with van der Waals surface area (Å²) in [4.78, 5) is 0.162. The third-order valence-corrected chi connectivity index (χ3v) is 6.85. The molecule has 1 fully saturated rings. The van der Waals surface area contributed by atoms with Gasteiger partial charge in [-0.15, -0.1) is 0 Å². The molecule has 1 saturated carbocycles. The second kappa shape index (κ2) is 5.77. The van der Waals surface area contributed by atoms with E-state index in [1.807, 2.05) is 6.26 Å². The number of nitrogens with one attached hydrogen (secondary N) is 2. The van der Waals surface area contributed by atoms with E-state index in [4.69, 9.17) is 4.42 Å². The maximum Gasteiger partial charge on any atom is 0.245 e. The first-order valence-corrected chi connectivity index (χ1v) is 9.40. The van der Waals surface area contributed by atoms with Gasteiger partial charge in [0.25, 0.3) is 0 Å². The number of halogens is 1. The number of thioether (sulfide) groups is 1. The Hall–Kier alpha value is -0.0200. The zero-order valence-corrected chi connectivity index (χ0v) is 14.0. The first kappa shape index (κ1) is 15.4. The van der Waals surface area contributed by atoms with Crippen molar-refractivity contribution in [3.8, 4) is 0 Å². The highest BCUT2D eigenvalue weighted by atomic mass is 79.9. The van der Waals surface area contributed by atoms with Crippen LogP contribution in [0.3, 0.4) is 0 Å². The van der Waals surface area contributed by atoms with Crippen molar-refractivity contribution in [1.29, 1.82) is 0 Å². The molecular formula is C11H17BrN2O3S2. The van der Waals surface area contributed by atoms with Gasteiger partial charge in [-0.2, -0.15) is 11.8 Å². The Balaban J connectivity index is 2.10. The Labute approximate surface area is 126 Å². The van der Waals surface area contributed by atoms with Gasteiger partial charge in [-0.3, -0.25) is 0 Å². The zero-order valence-electron chi connectivity index (χ0n) is 10.8. The minimum absolute atomic E-state index is 0.0943. The Bertz CT molecular complexity index is 552. The molecule has 0 bridgehead atoms. The zero-order chi connectivity index (χ0) is 14.1. The molecule has 0 aromatic carbocycles. The van der Waals surface area contributed by atoms with Gasteiger partial charge >= 0.3 is 0 Å². The first-order valence-electron chi connectivity index (χ1n) is 5.90. The summed E-state index contributed by atoms with van der Waals surface area (Å²) in [5.74, 6) is 0.584. The van der Waals surface area contributed by atoms with Crippen molar-refractivity contribution in [2.45, 2.75) is 29.0 Å². The van der Waals surface area contributed by atoms with Crippen molar-refractivity contribution in [3.63, 3.8) is 0 Å². The summed E-state index contributed by atoms with van der Waals surface area (Å²) in [6.07, 6.45) is 4.14. The maximum atomic E-state index is 12.2. The van der Waals surface area contributed by atoms with Gasteiger partial charge in [0.2, 0.25) is 10.0 Å². The molecule has 0 unspecified atom stereocenters. The summed E-state index contributed by atoms with van der Waals surface area (Å²) in [7, 11) is -1.75. The molecule has 0 spiro atoms. The molecule has 1 aliphatic carbocycles. The van der Waals surface area contributed by atoms with Crippen LogP contribution in [0.15, 0.2) is 20.0 Å². The van der Waals surface area contributed by atoms with Gasteiger partial charge in [0.1, 0.15) is 10.7 Å². The smallest absolute Gasteiger partial charge is 0.245 e. The summed E-state index contributed by atoms with van der Waals surface area (Å²) in [5.41, 5.74) is 0. The van der Waals surface area contributed by atoms with Crippen LogP contribution in [-0.2, 0) is 16.6 Å². The van der Waals surface area contributed by atoms with Gasteiger partial charge in [0, 0.05) is 17.4 Å². The summed E-state index contributed by atoms with van der Waals surface area (Å²) in [6.45, 7) is 0.957. The Morgan fingerprint density at radius 1 is 1.53 bits per heavy atom. The van der Waals surface area contributed by atoms with Gasteiger partial charge in [0.05, 0.1) is 6.54 Å². The quantitative estimate of drug-likeness (QED) is 0.769. The summed E-state index contributed by atoms with van der Waals surface area (Å²) < 4.78 is 32.8. The lowest BCUT2D eigenvalue weighted by atomic mass is 10.4. The molecule has 5 nitrogen and oxygen atoms in total. The summed E-state index contributed by atoms with van der Waals surface area (Å²) in [5, 5.41) is 2.92. The van der Waals surface area contributed by atoms with Gasteiger partial charge in [-0.1, -0.05) is 0 Å². The molecule has 0 saturated heterocycles. The number of furan rings is 1. The van der Waals surface area contributed by atoms with Crippen LogP contribution in [0, 0.1) is 0 Å². The van der Waals surface area contributed by atoms with E-state index >= 15 is 0 Å². The summed E-state index contributed by atoms with van der Waals surface area (Å²) in [6, 6.07) is 1.54. The highest BCUT2D eigenvalue weighted by molar-refractivity contribution is 9.10. The van der Waals surface area contributed by atoms with Crippen LogP contribution in [0.4, 0.5) is 0 Å². The van der Waals surface area contributed by atoms with Gasteiger partial charge < -0.3 is 9.73 Å². The summed E-state index contributed by atoms with van der Waals surface area (Å²) >= 11 is 4.88. The van der Waals surface area contributed by atoms with Crippen LogP contribution in [0.2, 0.25) is 0 Å². The van der Waals surface area contributed by atoms with Gasteiger partial charge in [-0.25, -0.2) is 13.1 Å². The van der Waals surface area contributed by atoms with E-state index in [0.717, 1.165) is 12.8 Å². The standard InChI is InChI=1S/C11H17BrN2O3S2/c1-13-6-8-5-9(10(12)17-8)19(15,16)14-7-11(18-2)3-4-11/h5,13-14H,3-4,6-7H2,1-2H3. The Morgan fingerprint density at radius 3 is 2.74 bits per heavy atom. The van der Waals surface area contributed by atoms with E-state index < -0.39 is 10.0 Å². The third kappa shape index (κ3) is 3.55. The molecule has 0 amide bonds. The predicted octanol–water partition coefficient (Wildman–Crippen LogP) is 1.94. The van der Waals surface area contributed by atoms with E-state index in [1.165, 1.54) is 0 Å². The molecule has 0 atom stereocenters. The predicted molar refractivity (Wildman–Crippen MR) is 79.8 cm³/mol. The fraction of sp³-hybridized carbons (Fsp3) is 0.636. The lowest BCUT2D eigenvalue weighted by Crippen LogP contribution is -2.31. The molecule has 19 heavy (non-hydrogen) atoms. The van der Waals surface area contributed by atoms with Crippen LogP contribution < -0.4 is 10.0 Å². The molecule has 8 heteroatoms. The highest BCUT2D eigenvalue weighted by Crippen LogP contribution is 2.46. The molecule has 0 radical (unpaired) electrons. The molecule has 2 rings (SSSR count). The minimum Gasteiger partial charge on any atom is -0.452 e. The molecule has 1 heterocycles. The van der Waals surface area contributed by atoms with Crippen LogP contribution in [0.1, 0.15) is 18.6 Å². The van der Waals surface area contributed by atoms with Crippen molar-refractivity contribution >= 4 is 37.7 Å². The van der Waals surface area contributed by atoms with E-state index in [-0.39, 0.29) is 14.3 Å². The lowest BCUT2D eigenvalue weighted by molar-refractivity contribution is 0.470. The van der Waals surface area contributed by atoms with Crippen LogP contribution in [0.25, 0.3) is 0 Å². The van der Waals surface area contributed by atoms with Crippen LogP contribution >= 0.6 is 27.7 Å². The van der Waals surface area contributed by atoms with E-state index in [1.54, 1.807) is 24.9 Å². The molecule has 1 aromatic rings. The first-order chi connectivity index (χ1) is 8.92. The topological polar surface area (TPSA) is 71.3 Å². The molecule has 1 aromatic heterocycles. The number of rotatable bonds is 7. The number of hydrogen-bond donors (Lipinski definition) is 2. The van der Waals surface area contributed by atoms with Crippen molar-refractivity contribution in [3.05, 3.63) is 16.5 Å². The Morgan fingerprint density at radius 2 is 2.21 bits per heavy atom.